The molecule has 0 fully saturated rings. The molecular formula is C45H28N4S2. The van der Waals surface area contributed by atoms with Crippen LogP contribution in [-0.4, -0.2) is 16.2 Å². The summed E-state index contributed by atoms with van der Waals surface area (Å²) < 4.78 is 7.65. The van der Waals surface area contributed by atoms with Crippen molar-refractivity contribution in [2.45, 2.75) is 6.17 Å². The van der Waals surface area contributed by atoms with Gasteiger partial charge in [0.15, 0.2) is 5.84 Å². The molecule has 1 N–H and O–H groups in total. The van der Waals surface area contributed by atoms with Crippen LogP contribution in [0.25, 0.3) is 67.8 Å². The predicted molar refractivity (Wildman–Crippen MR) is 218 cm³/mol. The summed E-state index contributed by atoms with van der Waals surface area (Å²) in [5.74, 6) is 1.58. The fourth-order valence-electron chi connectivity index (χ4n) is 7.79. The number of amidine groups is 2. The van der Waals surface area contributed by atoms with E-state index >= 15 is 0 Å². The van der Waals surface area contributed by atoms with E-state index < -0.39 is 0 Å². The third kappa shape index (κ3) is 4.37. The predicted octanol–water partition coefficient (Wildman–Crippen LogP) is 12.0. The van der Waals surface area contributed by atoms with Gasteiger partial charge in [0.1, 0.15) is 12.0 Å². The summed E-state index contributed by atoms with van der Waals surface area (Å²) in [7, 11) is 0. The van der Waals surface area contributed by atoms with Gasteiger partial charge in [-0.2, -0.15) is 0 Å². The monoisotopic (exact) mass is 688 g/mol. The second kappa shape index (κ2) is 11.2. The summed E-state index contributed by atoms with van der Waals surface area (Å²) >= 11 is 3.79. The maximum Gasteiger partial charge on any atom is 0.159 e. The van der Waals surface area contributed by atoms with Crippen LogP contribution in [0.5, 0.6) is 0 Å². The Hall–Kier alpha value is -6.08. The van der Waals surface area contributed by atoms with Crippen LogP contribution in [0.1, 0.15) is 22.9 Å². The summed E-state index contributed by atoms with van der Waals surface area (Å²) in [6.07, 6.45) is -0.248. The number of fused-ring (bicyclic) bond motifs is 10. The zero-order valence-electron chi connectivity index (χ0n) is 27.2. The highest BCUT2D eigenvalue weighted by Gasteiger charge is 2.24. The van der Waals surface area contributed by atoms with Crippen molar-refractivity contribution in [3.05, 3.63) is 174 Å². The van der Waals surface area contributed by atoms with Gasteiger partial charge >= 0.3 is 0 Å². The number of hydrogen-bond donors (Lipinski definition) is 1. The van der Waals surface area contributed by atoms with Gasteiger partial charge in [-0.3, -0.25) is 0 Å². The van der Waals surface area contributed by atoms with Crippen molar-refractivity contribution in [1.29, 1.82) is 0 Å². The van der Waals surface area contributed by atoms with E-state index in [0.29, 0.717) is 0 Å². The number of aromatic nitrogens is 1. The molecule has 1 aliphatic rings. The maximum atomic E-state index is 5.18. The number of thiophene rings is 2. The lowest BCUT2D eigenvalue weighted by Gasteiger charge is -2.24. The lowest BCUT2D eigenvalue weighted by atomic mass is 10.0. The first kappa shape index (κ1) is 28.7. The third-order valence-electron chi connectivity index (χ3n) is 10.1. The highest BCUT2D eigenvalue weighted by molar-refractivity contribution is 7.33. The largest absolute Gasteiger partial charge is 0.344 e. The second-order valence-corrected chi connectivity index (χ2v) is 15.0. The number of para-hydroxylation sites is 2. The molecule has 4 nitrogen and oxygen atoms in total. The molecule has 6 heteroatoms. The van der Waals surface area contributed by atoms with Crippen LogP contribution >= 0.6 is 22.7 Å². The minimum Gasteiger partial charge on any atom is -0.344 e. The molecule has 0 saturated carbocycles. The lowest BCUT2D eigenvalue weighted by molar-refractivity contribution is 0.674. The molecule has 1 atom stereocenters. The standard InChI is InChI=1S/C45H28N4S2/c1-3-13-27(14-4-1)43-46-44(28-15-5-2-6-16-28)48-45(47-43)34-20-12-24-38-39(34)33-26-25-32-31-19-11-23-37(40(31)51-41(32)42(33)50-38)49-35-21-9-7-17-29(35)30-18-8-10-22-36(30)49/h1-26,43H,(H,46,47,48). The van der Waals surface area contributed by atoms with E-state index in [4.69, 9.17) is 9.98 Å². The molecule has 4 heterocycles. The molecule has 1 aliphatic heterocycles. The average molecular weight is 689 g/mol. The Kier molecular flexibility index (Phi) is 6.32. The third-order valence-corrected chi connectivity index (χ3v) is 12.7. The fourth-order valence-corrected chi connectivity index (χ4v) is 10.5. The molecule has 51 heavy (non-hydrogen) atoms. The minimum atomic E-state index is -0.248. The van der Waals surface area contributed by atoms with Crippen molar-refractivity contribution >= 4 is 96.5 Å². The average Bonchev–Trinajstić information content (AvgIpc) is 3.88. The Morgan fingerprint density at radius 1 is 0.510 bits per heavy atom. The van der Waals surface area contributed by atoms with Crippen molar-refractivity contribution in [1.82, 2.24) is 9.88 Å². The summed E-state index contributed by atoms with van der Waals surface area (Å²) in [5, 5.41) is 11.3. The number of nitrogens with one attached hydrogen (secondary N) is 1. The molecule has 0 spiro atoms. The summed E-state index contributed by atoms with van der Waals surface area (Å²) in [5.41, 5.74) is 6.88. The van der Waals surface area contributed by atoms with Gasteiger partial charge < -0.3 is 9.88 Å². The fraction of sp³-hybridized carbons (Fsp3) is 0.0222. The first-order valence-corrected chi connectivity index (χ1v) is 18.8. The number of benzene rings is 7. The van der Waals surface area contributed by atoms with E-state index in [-0.39, 0.29) is 6.17 Å². The van der Waals surface area contributed by atoms with Crippen molar-refractivity contribution < 1.29 is 0 Å². The Labute approximate surface area is 301 Å². The van der Waals surface area contributed by atoms with Crippen LogP contribution in [0, 0.1) is 0 Å². The van der Waals surface area contributed by atoms with E-state index in [1.807, 2.05) is 46.9 Å². The first-order valence-electron chi connectivity index (χ1n) is 17.1. The molecular weight excluding hydrogens is 661 g/mol. The van der Waals surface area contributed by atoms with Crippen LogP contribution in [-0.2, 0) is 0 Å². The Morgan fingerprint density at radius 2 is 1.14 bits per heavy atom. The van der Waals surface area contributed by atoms with Crippen molar-refractivity contribution in [3.8, 4) is 5.69 Å². The molecule has 0 aliphatic carbocycles. The molecule has 0 saturated heterocycles. The second-order valence-electron chi connectivity index (χ2n) is 13.0. The Bertz CT molecular complexity index is 3000. The van der Waals surface area contributed by atoms with Gasteiger partial charge in [0.2, 0.25) is 0 Å². The molecule has 3 aromatic heterocycles. The number of nitrogens with zero attached hydrogens (tertiary/aromatic N) is 3. The SMILES string of the molecule is c1ccc(C2=NC(c3ccccc3)NC(c3cccc4sc5c(ccc6c7cccc(-n8c9ccccc9c9ccccc98)c7sc65)c34)=N2)cc1. The van der Waals surface area contributed by atoms with E-state index in [9.17, 15) is 0 Å². The quantitative estimate of drug-likeness (QED) is 0.196. The minimum absolute atomic E-state index is 0.248. The van der Waals surface area contributed by atoms with Crippen LogP contribution < -0.4 is 5.32 Å². The van der Waals surface area contributed by atoms with Crippen molar-refractivity contribution in [2.75, 3.05) is 0 Å². The smallest absolute Gasteiger partial charge is 0.159 e. The molecule has 0 bridgehead atoms. The first-order chi connectivity index (χ1) is 25.3. The van der Waals surface area contributed by atoms with Gasteiger partial charge in [-0.05, 0) is 29.8 Å². The molecule has 1 unspecified atom stereocenters. The highest BCUT2D eigenvalue weighted by Crippen LogP contribution is 2.47. The van der Waals surface area contributed by atoms with Crippen molar-refractivity contribution in [2.24, 2.45) is 9.98 Å². The summed E-state index contributed by atoms with van der Waals surface area (Å²) in [6, 6.07) is 56.2. The number of aliphatic imine (C=N–C) groups is 2. The zero-order chi connectivity index (χ0) is 33.5. The maximum absolute atomic E-state index is 5.18. The van der Waals surface area contributed by atoms with E-state index in [2.05, 4.69) is 143 Å². The van der Waals surface area contributed by atoms with Gasteiger partial charge in [0.25, 0.3) is 0 Å². The molecule has 0 amide bonds. The van der Waals surface area contributed by atoms with E-state index in [0.717, 1.165) is 28.4 Å². The van der Waals surface area contributed by atoms with Gasteiger partial charge in [0, 0.05) is 48.1 Å². The van der Waals surface area contributed by atoms with Gasteiger partial charge in [-0.25, -0.2) is 9.98 Å². The summed E-state index contributed by atoms with van der Waals surface area (Å²) in [6.45, 7) is 0. The number of rotatable bonds is 4. The van der Waals surface area contributed by atoms with Gasteiger partial charge in [-0.1, -0.05) is 133 Å². The molecule has 7 aromatic carbocycles. The van der Waals surface area contributed by atoms with Crippen LogP contribution in [0.2, 0.25) is 0 Å². The number of hydrogen-bond acceptors (Lipinski definition) is 5. The topological polar surface area (TPSA) is 41.7 Å². The molecule has 0 radical (unpaired) electrons. The molecule has 11 rings (SSSR count). The van der Waals surface area contributed by atoms with Crippen LogP contribution in [0.3, 0.4) is 0 Å². The molecule has 240 valence electrons. The van der Waals surface area contributed by atoms with Crippen molar-refractivity contribution in [3.63, 3.8) is 0 Å². The van der Waals surface area contributed by atoms with Crippen LogP contribution in [0.4, 0.5) is 0 Å². The van der Waals surface area contributed by atoms with Crippen LogP contribution in [0.15, 0.2) is 168 Å². The lowest BCUT2D eigenvalue weighted by Crippen LogP contribution is -2.33. The van der Waals surface area contributed by atoms with E-state index in [1.54, 1.807) is 0 Å². The summed E-state index contributed by atoms with van der Waals surface area (Å²) in [4.78, 5) is 10.3. The molecule has 10 aromatic rings. The highest BCUT2D eigenvalue weighted by atomic mass is 32.1. The Morgan fingerprint density at radius 3 is 1.92 bits per heavy atom. The zero-order valence-corrected chi connectivity index (χ0v) is 28.9. The van der Waals surface area contributed by atoms with Gasteiger partial charge in [-0.15, -0.1) is 22.7 Å². The Balaban J connectivity index is 1.13. The van der Waals surface area contributed by atoms with Gasteiger partial charge in [0.05, 0.1) is 30.8 Å². The normalized spacial score (nSPS) is 14.9. The van der Waals surface area contributed by atoms with E-state index in [1.165, 1.54) is 67.8 Å².